The fourth-order valence-electron chi connectivity index (χ4n) is 13.3. The van der Waals surface area contributed by atoms with E-state index < -0.39 is 63.5 Å². The summed E-state index contributed by atoms with van der Waals surface area (Å²) in [5.74, 6) is -1.74. The summed E-state index contributed by atoms with van der Waals surface area (Å²) >= 11 is 0. The number of likely N-dealkylation sites (tertiary alicyclic amines) is 1. The van der Waals surface area contributed by atoms with Crippen molar-refractivity contribution < 1.29 is 43.5 Å². The zero-order valence-electron chi connectivity index (χ0n) is 36.7. The molecule has 61 heavy (non-hydrogen) atoms. The highest BCUT2D eigenvalue weighted by molar-refractivity contribution is 5.95. The van der Waals surface area contributed by atoms with E-state index in [0.29, 0.717) is 88.2 Å². The number of aromatic nitrogens is 1. The van der Waals surface area contributed by atoms with Gasteiger partial charge >= 0.3 is 17.9 Å². The number of ether oxygens (including phenoxy) is 4. The molecule has 1 aliphatic carbocycles. The Kier molecular flexibility index (Phi) is 10.8. The van der Waals surface area contributed by atoms with Gasteiger partial charge in [-0.25, -0.2) is 4.79 Å². The van der Waals surface area contributed by atoms with Crippen molar-refractivity contribution in [3.63, 3.8) is 0 Å². The molecule has 0 radical (unpaired) electrons. The van der Waals surface area contributed by atoms with Crippen LogP contribution in [0.25, 0.3) is 10.9 Å². The molecule has 0 amide bonds. The summed E-state index contributed by atoms with van der Waals surface area (Å²) in [6.45, 7) is 16.6. The highest BCUT2D eigenvalue weighted by Crippen LogP contribution is 2.67. The van der Waals surface area contributed by atoms with Gasteiger partial charge in [0.05, 0.1) is 33.0 Å². The summed E-state index contributed by atoms with van der Waals surface area (Å²) in [5.41, 5.74) is -2.29. The van der Waals surface area contributed by atoms with Crippen LogP contribution in [0.1, 0.15) is 75.3 Å². The second-order valence-corrected chi connectivity index (χ2v) is 18.3. The summed E-state index contributed by atoms with van der Waals surface area (Å²) in [6, 6.07) is 10.6. The Morgan fingerprint density at radius 1 is 0.967 bits per heavy atom. The predicted octanol–water partition coefficient (Wildman–Crippen LogP) is 4.79. The van der Waals surface area contributed by atoms with Gasteiger partial charge in [-0.15, -0.1) is 13.2 Å². The van der Waals surface area contributed by atoms with E-state index in [1.54, 1.807) is 13.2 Å². The molecule has 1 unspecified atom stereocenters. The molecule has 13 heteroatoms. The number of H-pyrrole nitrogens is 1. The van der Waals surface area contributed by atoms with Gasteiger partial charge in [0.15, 0.2) is 6.10 Å². The molecule has 10 atom stereocenters. The first-order chi connectivity index (χ1) is 29.1. The van der Waals surface area contributed by atoms with E-state index in [4.69, 9.17) is 18.9 Å². The maximum atomic E-state index is 15.4. The number of fused-ring (bicyclic) bond motifs is 6. The number of benzene rings is 2. The maximum absolute atomic E-state index is 15.4. The topological polar surface area (TPSA) is 154 Å². The monoisotopic (exact) mass is 838 g/mol. The summed E-state index contributed by atoms with van der Waals surface area (Å²) in [4.78, 5) is 53.2. The Labute approximate surface area is 358 Å². The van der Waals surface area contributed by atoms with Crippen molar-refractivity contribution in [3.05, 3.63) is 84.1 Å². The van der Waals surface area contributed by atoms with Gasteiger partial charge in [0.2, 0.25) is 5.60 Å². The van der Waals surface area contributed by atoms with Gasteiger partial charge in [-0.1, -0.05) is 44.2 Å². The van der Waals surface area contributed by atoms with Gasteiger partial charge < -0.3 is 39.0 Å². The van der Waals surface area contributed by atoms with Crippen LogP contribution in [-0.4, -0.2) is 133 Å². The van der Waals surface area contributed by atoms with E-state index >= 15 is 4.79 Å². The van der Waals surface area contributed by atoms with Crippen molar-refractivity contribution in [3.8, 4) is 5.75 Å². The number of anilines is 1. The molecule has 5 heterocycles. The first kappa shape index (κ1) is 43.0. The summed E-state index contributed by atoms with van der Waals surface area (Å²) < 4.78 is 24.0. The molecule has 3 aromatic rings. The standard InChI is InChI=1S/C48H62N4O9/c1-10-20-52-22-19-46-33-23-34(37(58-7)24-36(33)50(6)40(46)48(57,43(55)60-9)41(61-29(5)53)45(12-3,13-4)39(46)52)47(42(54)59-8)26-30-25-44(56,11-2)28-51(27-30)21-18-32-31-16-14-15-17-35(31)49-38(32)47/h10,12,14-17,23-24,30,39-41,49,56-57H,1,3,11,13,18-22,25-28H2,2,4-9H3/t30-,39+,40-,41-,44+,45+,46-,47+,48+/m1/s1. The van der Waals surface area contributed by atoms with Gasteiger partial charge in [0, 0.05) is 90.9 Å². The minimum absolute atomic E-state index is 0.124. The molecule has 1 spiro atoms. The number of esters is 3. The number of aliphatic hydroxyl groups is 2. The lowest BCUT2D eigenvalue weighted by atomic mass is 9.48. The van der Waals surface area contributed by atoms with Crippen LogP contribution < -0.4 is 9.64 Å². The fourth-order valence-corrected chi connectivity index (χ4v) is 13.3. The summed E-state index contributed by atoms with van der Waals surface area (Å²) in [5, 5.41) is 26.4. The lowest BCUT2D eigenvalue weighted by Gasteiger charge is -2.62. The van der Waals surface area contributed by atoms with Crippen molar-refractivity contribution in [2.24, 2.45) is 11.3 Å². The quantitative estimate of drug-likeness (QED) is 0.146. The molecule has 328 valence electrons. The molecule has 1 aromatic heterocycles. The number of piperidine rings is 1. The van der Waals surface area contributed by atoms with Gasteiger partial charge in [0.1, 0.15) is 11.2 Å². The Morgan fingerprint density at radius 2 is 1.70 bits per heavy atom. The first-order valence-electron chi connectivity index (χ1n) is 21.7. The molecule has 13 nitrogen and oxygen atoms in total. The number of aromatic amines is 1. The van der Waals surface area contributed by atoms with E-state index in [2.05, 4.69) is 40.1 Å². The molecule has 2 aromatic carbocycles. The number of methoxy groups -OCH3 is 3. The third-order valence-electron chi connectivity index (χ3n) is 15.6. The predicted molar refractivity (Wildman–Crippen MR) is 232 cm³/mol. The zero-order chi connectivity index (χ0) is 43.9. The number of rotatable bonds is 10. The van der Waals surface area contributed by atoms with Gasteiger partial charge in [-0.05, 0) is 74.2 Å². The van der Waals surface area contributed by atoms with Crippen molar-refractivity contribution in [1.29, 1.82) is 0 Å². The minimum Gasteiger partial charge on any atom is -0.496 e. The Balaban J connectivity index is 1.48. The molecule has 2 bridgehead atoms. The lowest BCUT2D eigenvalue weighted by Crippen LogP contribution is -2.81. The van der Waals surface area contributed by atoms with Crippen LogP contribution in [0.4, 0.5) is 5.69 Å². The normalized spacial score (nSPS) is 35.4. The smallest absolute Gasteiger partial charge is 0.344 e. The van der Waals surface area contributed by atoms with E-state index in [0.717, 1.165) is 27.7 Å². The van der Waals surface area contributed by atoms with Crippen LogP contribution >= 0.6 is 0 Å². The number of nitrogens with zero attached hydrogens (tertiary/aromatic N) is 3. The molecular formula is C48H62N4O9. The van der Waals surface area contributed by atoms with E-state index in [-0.39, 0.29) is 5.92 Å². The van der Waals surface area contributed by atoms with Gasteiger partial charge in [0.25, 0.3) is 0 Å². The largest absolute Gasteiger partial charge is 0.496 e. The van der Waals surface area contributed by atoms with Crippen molar-refractivity contribution in [2.75, 3.05) is 66.0 Å². The number of nitrogens with one attached hydrogen (secondary N) is 1. The molecular weight excluding hydrogens is 777 g/mol. The molecule has 5 aliphatic rings. The van der Waals surface area contributed by atoms with Crippen molar-refractivity contribution in [2.45, 2.75) is 99.5 Å². The molecule has 2 saturated heterocycles. The number of para-hydroxylation sites is 1. The molecule has 3 fully saturated rings. The van der Waals surface area contributed by atoms with E-state index in [9.17, 15) is 19.8 Å². The van der Waals surface area contributed by atoms with E-state index in [1.807, 2.05) is 56.1 Å². The van der Waals surface area contributed by atoms with Crippen LogP contribution in [-0.2, 0) is 45.8 Å². The maximum Gasteiger partial charge on any atom is 0.344 e. The zero-order valence-corrected chi connectivity index (χ0v) is 36.7. The number of carbonyl (C=O) groups excluding carboxylic acids is 3. The Hall–Kier alpha value is -4.69. The Bertz CT molecular complexity index is 2280. The van der Waals surface area contributed by atoms with Gasteiger partial charge in [-0.2, -0.15) is 0 Å². The van der Waals surface area contributed by atoms with Crippen molar-refractivity contribution >= 4 is 34.5 Å². The lowest BCUT2D eigenvalue weighted by molar-refractivity contribution is -0.227. The minimum atomic E-state index is -2.38. The number of carbonyl (C=O) groups is 3. The average molecular weight is 839 g/mol. The second-order valence-electron chi connectivity index (χ2n) is 18.3. The third-order valence-corrected chi connectivity index (χ3v) is 15.6. The summed E-state index contributed by atoms with van der Waals surface area (Å²) in [6.07, 6.45) is 5.04. The van der Waals surface area contributed by atoms with E-state index in [1.165, 1.54) is 21.1 Å². The third kappa shape index (κ3) is 5.82. The highest BCUT2D eigenvalue weighted by atomic mass is 16.6. The average Bonchev–Trinajstić information content (AvgIpc) is 3.91. The van der Waals surface area contributed by atoms with Crippen LogP contribution in [0.3, 0.4) is 0 Å². The molecule has 4 aliphatic heterocycles. The second kappa shape index (κ2) is 15.3. The van der Waals surface area contributed by atoms with Gasteiger partial charge in [-0.3, -0.25) is 19.4 Å². The van der Waals surface area contributed by atoms with Crippen LogP contribution in [0.2, 0.25) is 0 Å². The van der Waals surface area contributed by atoms with Crippen LogP contribution in [0.5, 0.6) is 5.75 Å². The Morgan fingerprint density at radius 3 is 2.34 bits per heavy atom. The number of hydrogen-bond acceptors (Lipinski definition) is 12. The van der Waals surface area contributed by atoms with Crippen LogP contribution in [0.15, 0.2) is 61.7 Å². The SMILES string of the molecule is C=CCN1CC[C@]23c4cc([C@@]5(C(=O)OC)C[C@@H]6CN(CCc7c5[nH]c5ccccc75)C[C@](O)(CC)C6)c(OC)cc4N(C)[C@H]2[C@@](O)(C(=O)OC)[C@H](OC(C)=O)[C@@](C=C)(CC)[C@H]13. The number of hydrogen-bond donors (Lipinski definition) is 3. The number of likely N-dealkylation sites (N-methyl/N-ethyl adjacent to an activating group) is 1. The van der Waals surface area contributed by atoms with Crippen molar-refractivity contribution in [1.82, 2.24) is 14.8 Å². The molecule has 8 rings (SSSR count). The molecule has 3 N–H and O–H groups in total. The highest BCUT2D eigenvalue weighted by Gasteiger charge is 2.80. The molecule has 1 saturated carbocycles. The first-order valence-corrected chi connectivity index (χ1v) is 21.7. The summed E-state index contributed by atoms with van der Waals surface area (Å²) in [7, 11) is 6.07. The van der Waals surface area contributed by atoms with Crippen LogP contribution in [0, 0.1) is 11.3 Å². The fraction of sp³-hybridized carbons (Fsp3) is 0.562.